The van der Waals surface area contributed by atoms with Crippen molar-refractivity contribution in [2.45, 2.75) is 25.2 Å². The van der Waals surface area contributed by atoms with Crippen LogP contribution in [0.15, 0.2) is 43.0 Å². The molecule has 5 heteroatoms. The number of hydrogen-bond acceptors (Lipinski definition) is 3. The maximum atomic E-state index is 4.71. The number of fused-ring (bicyclic) bond motifs is 2. The van der Waals surface area contributed by atoms with Crippen molar-refractivity contribution >= 4 is 16.6 Å². The van der Waals surface area contributed by atoms with Crippen molar-refractivity contribution in [1.82, 2.24) is 24.6 Å². The standard InChI is InChI=1S/C17H15N5/c1-2-11(3-1)16-18-10-15-14(9-19-17(15)21-16)12-5-7-22-13(8-12)4-6-20-22/h4-11H,1-3H2,(H,18,19,21). The highest BCUT2D eigenvalue weighted by molar-refractivity contribution is 5.93. The molecule has 1 fully saturated rings. The molecule has 4 aromatic heterocycles. The van der Waals surface area contributed by atoms with Gasteiger partial charge in [0.1, 0.15) is 11.5 Å². The average Bonchev–Trinajstić information content (AvgIpc) is 3.10. The summed E-state index contributed by atoms with van der Waals surface area (Å²) in [7, 11) is 0. The smallest absolute Gasteiger partial charge is 0.141 e. The summed E-state index contributed by atoms with van der Waals surface area (Å²) in [5, 5.41) is 5.31. The van der Waals surface area contributed by atoms with Gasteiger partial charge in [0.05, 0.1) is 5.52 Å². The number of aromatic amines is 1. The van der Waals surface area contributed by atoms with Crippen LogP contribution in [-0.4, -0.2) is 24.6 Å². The Kier molecular flexibility index (Phi) is 2.38. The Morgan fingerprint density at radius 1 is 1.23 bits per heavy atom. The van der Waals surface area contributed by atoms with Gasteiger partial charge in [-0.1, -0.05) is 6.42 Å². The molecule has 1 saturated carbocycles. The third-order valence-corrected chi connectivity index (χ3v) is 4.63. The van der Waals surface area contributed by atoms with E-state index in [0.717, 1.165) is 33.5 Å². The minimum Gasteiger partial charge on any atom is -0.345 e. The lowest BCUT2D eigenvalue weighted by Crippen LogP contribution is -2.12. The summed E-state index contributed by atoms with van der Waals surface area (Å²) in [5.41, 5.74) is 4.30. The summed E-state index contributed by atoms with van der Waals surface area (Å²) >= 11 is 0. The molecule has 0 unspecified atom stereocenters. The highest BCUT2D eigenvalue weighted by atomic mass is 15.2. The highest BCUT2D eigenvalue weighted by Crippen LogP contribution is 2.35. The second kappa shape index (κ2) is 4.40. The number of hydrogen-bond donors (Lipinski definition) is 1. The lowest BCUT2D eigenvalue weighted by Gasteiger charge is -2.23. The zero-order valence-electron chi connectivity index (χ0n) is 12.0. The molecule has 1 aliphatic rings. The lowest BCUT2D eigenvalue weighted by molar-refractivity contribution is 0.402. The van der Waals surface area contributed by atoms with Gasteiger partial charge in [-0.25, -0.2) is 14.5 Å². The van der Waals surface area contributed by atoms with Crippen molar-refractivity contribution in [3.05, 3.63) is 48.8 Å². The summed E-state index contributed by atoms with van der Waals surface area (Å²) in [4.78, 5) is 12.6. The van der Waals surface area contributed by atoms with Crippen molar-refractivity contribution in [2.24, 2.45) is 0 Å². The summed E-state index contributed by atoms with van der Waals surface area (Å²) in [5.74, 6) is 1.54. The quantitative estimate of drug-likeness (QED) is 0.614. The van der Waals surface area contributed by atoms with Crippen molar-refractivity contribution in [1.29, 1.82) is 0 Å². The highest BCUT2D eigenvalue weighted by Gasteiger charge is 2.22. The van der Waals surface area contributed by atoms with E-state index in [4.69, 9.17) is 4.98 Å². The molecule has 5 rings (SSSR count). The minimum atomic E-state index is 0.555. The molecule has 0 aromatic carbocycles. The van der Waals surface area contributed by atoms with Gasteiger partial charge in [-0.3, -0.25) is 0 Å². The zero-order valence-corrected chi connectivity index (χ0v) is 12.0. The predicted molar refractivity (Wildman–Crippen MR) is 84.7 cm³/mol. The zero-order chi connectivity index (χ0) is 14.5. The largest absolute Gasteiger partial charge is 0.345 e. The fourth-order valence-electron chi connectivity index (χ4n) is 3.11. The third kappa shape index (κ3) is 1.68. The number of nitrogens with one attached hydrogen (secondary N) is 1. The molecule has 5 nitrogen and oxygen atoms in total. The fourth-order valence-corrected chi connectivity index (χ4v) is 3.11. The summed E-state index contributed by atoms with van der Waals surface area (Å²) in [6, 6.07) is 6.21. The topological polar surface area (TPSA) is 58.9 Å². The Morgan fingerprint density at radius 2 is 2.18 bits per heavy atom. The molecule has 1 N–H and O–H groups in total. The first-order valence-electron chi connectivity index (χ1n) is 7.66. The second-order valence-corrected chi connectivity index (χ2v) is 5.94. The van der Waals surface area contributed by atoms with Crippen molar-refractivity contribution in [3.63, 3.8) is 0 Å². The van der Waals surface area contributed by atoms with E-state index in [2.05, 4.69) is 27.2 Å². The lowest BCUT2D eigenvalue weighted by atomic mass is 9.85. The van der Waals surface area contributed by atoms with Gasteiger partial charge in [-0.05, 0) is 36.6 Å². The number of pyridine rings is 1. The monoisotopic (exact) mass is 289 g/mol. The fraction of sp³-hybridized carbons (Fsp3) is 0.235. The van der Waals surface area contributed by atoms with Crippen LogP contribution in [0.4, 0.5) is 0 Å². The molecule has 0 spiro atoms. The van der Waals surface area contributed by atoms with Crippen LogP contribution in [0, 0.1) is 0 Å². The number of H-pyrrole nitrogens is 1. The van der Waals surface area contributed by atoms with Gasteiger partial charge in [0.15, 0.2) is 0 Å². The molecule has 108 valence electrons. The minimum absolute atomic E-state index is 0.555. The van der Waals surface area contributed by atoms with E-state index >= 15 is 0 Å². The Morgan fingerprint density at radius 3 is 3.05 bits per heavy atom. The normalized spacial score (nSPS) is 15.5. The molecule has 0 radical (unpaired) electrons. The molecule has 4 aromatic rings. The molecule has 0 bridgehead atoms. The van der Waals surface area contributed by atoms with Gasteiger partial charge in [0.2, 0.25) is 0 Å². The number of aromatic nitrogens is 5. The molecule has 0 saturated heterocycles. The molecule has 1 aliphatic carbocycles. The van der Waals surface area contributed by atoms with E-state index < -0.39 is 0 Å². The van der Waals surface area contributed by atoms with Crippen LogP contribution in [0.5, 0.6) is 0 Å². The van der Waals surface area contributed by atoms with Crippen LogP contribution < -0.4 is 0 Å². The summed E-state index contributed by atoms with van der Waals surface area (Å²) < 4.78 is 1.86. The predicted octanol–water partition coefficient (Wildman–Crippen LogP) is 3.54. The van der Waals surface area contributed by atoms with E-state index in [1.165, 1.54) is 19.3 Å². The molecule has 0 amide bonds. The third-order valence-electron chi connectivity index (χ3n) is 4.63. The first kappa shape index (κ1) is 11.9. The molecule has 4 heterocycles. The molecular weight excluding hydrogens is 274 g/mol. The van der Waals surface area contributed by atoms with E-state index in [0.29, 0.717) is 5.92 Å². The van der Waals surface area contributed by atoms with Crippen molar-refractivity contribution in [2.75, 3.05) is 0 Å². The molecule has 0 atom stereocenters. The first-order valence-corrected chi connectivity index (χ1v) is 7.66. The van der Waals surface area contributed by atoms with Gasteiger partial charge < -0.3 is 4.98 Å². The van der Waals surface area contributed by atoms with Crippen molar-refractivity contribution < 1.29 is 0 Å². The number of rotatable bonds is 2. The Hall–Kier alpha value is -2.69. The SMILES string of the molecule is c1cc2cc(-c3c[nH]c4nc(C5CCC5)ncc34)ccn2n1. The molecule has 22 heavy (non-hydrogen) atoms. The Balaban J connectivity index is 1.64. The van der Waals surface area contributed by atoms with Gasteiger partial charge in [0, 0.05) is 41.7 Å². The second-order valence-electron chi connectivity index (χ2n) is 5.94. The maximum absolute atomic E-state index is 4.71. The van der Waals surface area contributed by atoms with Crippen LogP contribution >= 0.6 is 0 Å². The number of nitrogens with zero attached hydrogens (tertiary/aromatic N) is 4. The van der Waals surface area contributed by atoms with Gasteiger partial charge in [-0.15, -0.1) is 0 Å². The summed E-state index contributed by atoms with van der Waals surface area (Å²) in [6.07, 6.45) is 11.5. The van der Waals surface area contributed by atoms with Crippen LogP contribution in [0.3, 0.4) is 0 Å². The molecular formula is C17H15N5. The van der Waals surface area contributed by atoms with Crippen molar-refractivity contribution in [3.8, 4) is 11.1 Å². The van der Waals surface area contributed by atoms with E-state index in [9.17, 15) is 0 Å². The van der Waals surface area contributed by atoms with Crippen LogP contribution in [0.1, 0.15) is 31.0 Å². The maximum Gasteiger partial charge on any atom is 0.141 e. The van der Waals surface area contributed by atoms with E-state index in [1.54, 1.807) is 0 Å². The first-order chi connectivity index (χ1) is 10.9. The van der Waals surface area contributed by atoms with Gasteiger partial charge in [-0.2, -0.15) is 5.10 Å². The van der Waals surface area contributed by atoms with Crippen LogP contribution in [0.2, 0.25) is 0 Å². The molecule has 0 aliphatic heterocycles. The Bertz CT molecular complexity index is 977. The van der Waals surface area contributed by atoms with Gasteiger partial charge >= 0.3 is 0 Å². The summed E-state index contributed by atoms with van der Waals surface area (Å²) in [6.45, 7) is 0. The van der Waals surface area contributed by atoms with Crippen LogP contribution in [-0.2, 0) is 0 Å². The van der Waals surface area contributed by atoms with Crippen LogP contribution in [0.25, 0.3) is 27.7 Å². The van der Waals surface area contributed by atoms with E-state index in [-0.39, 0.29) is 0 Å². The average molecular weight is 289 g/mol. The van der Waals surface area contributed by atoms with Gasteiger partial charge in [0.25, 0.3) is 0 Å². The van der Waals surface area contributed by atoms with E-state index in [1.807, 2.05) is 35.4 Å². The Labute approximate surface area is 127 Å².